The Balaban J connectivity index is 1.54. The summed E-state index contributed by atoms with van der Waals surface area (Å²) in [7, 11) is 0. The van der Waals surface area contributed by atoms with E-state index in [4.69, 9.17) is 8.97 Å². The summed E-state index contributed by atoms with van der Waals surface area (Å²) in [6.45, 7) is 1.97. The van der Waals surface area contributed by atoms with Crippen molar-refractivity contribution in [2.75, 3.05) is 10.0 Å². The lowest BCUT2D eigenvalue weighted by molar-refractivity contribution is 0.568. The Bertz CT molecular complexity index is 1130. The van der Waals surface area contributed by atoms with E-state index in [-0.39, 0.29) is 6.04 Å². The van der Waals surface area contributed by atoms with Crippen LogP contribution in [0.3, 0.4) is 0 Å². The van der Waals surface area contributed by atoms with Crippen molar-refractivity contribution in [1.29, 1.82) is 0 Å². The van der Waals surface area contributed by atoms with Gasteiger partial charge in [0.05, 0.1) is 22.9 Å². The molecule has 7 nitrogen and oxygen atoms in total. The van der Waals surface area contributed by atoms with Gasteiger partial charge in [-0.3, -0.25) is 9.27 Å². The Kier molecular flexibility index (Phi) is 6.22. The number of thiazole rings is 1. The van der Waals surface area contributed by atoms with Gasteiger partial charge in [0.1, 0.15) is 0 Å². The molecule has 3 N–H and O–H groups in total. The highest BCUT2D eigenvalue weighted by Gasteiger charge is 2.18. The van der Waals surface area contributed by atoms with Gasteiger partial charge >= 0.3 is 0 Å². The fraction of sp³-hybridized carbons (Fsp3) is 0.143. The monoisotopic (exact) mass is 440 g/mol. The third-order valence-electron chi connectivity index (χ3n) is 4.45. The molecule has 0 amide bonds. The molecule has 2 aromatic heterocycles. The quantitative estimate of drug-likeness (QED) is 0.332. The van der Waals surface area contributed by atoms with Crippen molar-refractivity contribution in [3.8, 4) is 11.3 Å². The number of hydrogen-bond donors (Lipinski definition) is 3. The Labute approximate surface area is 180 Å². The van der Waals surface area contributed by atoms with Crippen LogP contribution in [-0.2, 0) is 17.7 Å². The molecule has 0 spiro atoms. The second kappa shape index (κ2) is 9.21. The Hall–Kier alpha value is -3.01. The fourth-order valence-corrected chi connectivity index (χ4v) is 4.05. The van der Waals surface area contributed by atoms with Crippen LogP contribution in [0.1, 0.15) is 22.3 Å². The van der Waals surface area contributed by atoms with E-state index in [0.29, 0.717) is 23.9 Å². The van der Waals surface area contributed by atoms with Crippen LogP contribution in [0.15, 0.2) is 70.6 Å². The molecular formula is C21H20N4O3S2. The molecule has 0 aliphatic carbocycles. The molecule has 0 fully saturated rings. The summed E-state index contributed by atoms with van der Waals surface area (Å²) in [5.41, 5.74) is 3.50. The first kappa shape index (κ1) is 20.3. The first-order valence-corrected chi connectivity index (χ1v) is 11.2. The fourth-order valence-electron chi connectivity index (χ4n) is 3.04. The number of oxazole rings is 1. The van der Waals surface area contributed by atoms with Crippen LogP contribution in [0.2, 0.25) is 0 Å². The molecule has 4 rings (SSSR count). The van der Waals surface area contributed by atoms with Crippen LogP contribution >= 0.6 is 11.3 Å². The Morgan fingerprint density at radius 1 is 1.17 bits per heavy atom. The molecule has 0 aliphatic heterocycles. The van der Waals surface area contributed by atoms with Gasteiger partial charge < -0.3 is 9.73 Å². The molecule has 0 saturated carbocycles. The third kappa shape index (κ3) is 5.12. The maximum atomic E-state index is 10.9. The van der Waals surface area contributed by atoms with E-state index in [9.17, 15) is 4.21 Å². The maximum Gasteiger partial charge on any atom is 0.295 e. The molecule has 154 valence electrons. The summed E-state index contributed by atoms with van der Waals surface area (Å²) >= 11 is -0.501. The lowest BCUT2D eigenvalue weighted by Crippen LogP contribution is -2.14. The molecule has 0 bridgehead atoms. The Morgan fingerprint density at radius 3 is 2.60 bits per heavy atom. The average Bonchev–Trinajstić information content (AvgIpc) is 3.38. The minimum Gasteiger partial charge on any atom is -0.424 e. The van der Waals surface area contributed by atoms with Crippen molar-refractivity contribution in [1.82, 2.24) is 9.97 Å². The van der Waals surface area contributed by atoms with E-state index in [2.05, 4.69) is 20.0 Å². The normalized spacial score (nSPS) is 13.0. The largest absolute Gasteiger partial charge is 0.424 e. The molecule has 0 aliphatic rings. The zero-order chi connectivity index (χ0) is 20.9. The summed E-state index contributed by atoms with van der Waals surface area (Å²) < 4.78 is 28.2. The van der Waals surface area contributed by atoms with E-state index in [1.54, 1.807) is 29.7 Å². The first-order chi connectivity index (χ1) is 14.6. The van der Waals surface area contributed by atoms with E-state index in [1.807, 2.05) is 54.8 Å². The third-order valence-corrected chi connectivity index (χ3v) is 5.66. The molecule has 9 heteroatoms. The van der Waals surface area contributed by atoms with Crippen LogP contribution in [-0.4, -0.2) is 18.7 Å². The summed E-state index contributed by atoms with van der Waals surface area (Å²) in [5.74, 6) is 0.693. The number of aryl methyl sites for hydroxylation is 1. The van der Waals surface area contributed by atoms with Crippen LogP contribution in [0, 0.1) is 6.92 Å². The van der Waals surface area contributed by atoms with E-state index in [0.717, 1.165) is 21.8 Å². The standard InChI is InChI=1S/C21H20N4O3S2/c1-14-23-19(13-29-14)18(11-15-7-9-17(10-8-15)25-30(26)27)24-21-22-12-20(28-21)16-5-3-2-4-6-16/h2-10,12-13,18,25H,11H2,1H3,(H,22,24)(H,26,27)/t18-/m0/s1. The molecule has 4 aromatic rings. The van der Waals surface area contributed by atoms with Gasteiger partial charge in [0.25, 0.3) is 17.3 Å². The van der Waals surface area contributed by atoms with Gasteiger partial charge in [-0.1, -0.05) is 42.5 Å². The van der Waals surface area contributed by atoms with E-state index >= 15 is 0 Å². The second-order valence-corrected chi connectivity index (χ2v) is 8.40. The second-order valence-electron chi connectivity index (χ2n) is 6.64. The van der Waals surface area contributed by atoms with Crippen LogP contribution in [0.25, 0.3) is 11.3 Å². The first-order valence-electron chi connectivity index (χ1n) is 9.23. The summed E-state index contributed by atoms with van der Waals surface area (Å²) in [6.07, 6.45) is 2.35. The number of benzene rings is 2. The predicted octanol–water partition coefficient (Wildman–Crippen LogP) is 5.05. The van der Waals surface area contributed by atoms with E-state index < -0.39 is 11.3 Å². The van der Waals surface area contributed by atoms with Crippen molar-refractivity contribution in [2.45, 2.75) is 19.4 Å². The van der Waals surface area contributed by atoms with Gasteiger partial charge in [-0.15, -0.1) is 11.3 Å². The minimum atomic E-state index is -2.09. The van der Waals surface area contributed by atoms with Crippen LogP contribution in [0.4, 0.5) is 11.7 Å². The summed E-state index contributed by atoms with van der Waals surface area (Å²) in [6, 6.07) is 17.5. The average molecular weight is 441 g/mol. The van der Waals surface area contributed by atoms with Crippen molar-refractivity contribution in [2.24, 2.45) is 0 Å². The predicted molar refractivity (Wildman–Crippen MR) is 120 cm³/mol. The number of hydrogen-bond acceptors (Lipinski definition) is 6. The number of rotatable bonds is 8. The maximum absolute atomic E-state index is 10.9. The lowest BCUT2D eigenvalue weighted by atomic mass is 10.0. The number of anilines is 2. The molecule has 0 saturated heterocycles. The topological polar surface area (TPSA) is 100 Å². The van der Waals surface area contributed by atoms with Gasteiger partial charge in [0.15, 0.2) is 5.76 Å². The summed E-state index contributed by atoms with van der Waals surface area (Å²) in [4.78, 5) is 9.01. The Morgan fingerprint density at radius 2 is 1.93 bits per heavy atom. The van der Waals surface area contributed by atoms with Crippen LogP contribution < -0.4 is 10.0 Å². The van der Waals surface area contributed by atoms with Crippen molar-refractivity contribution >= 4 is 34.3 Å². The van der Waals surface area contributed by atoms with Crippen molar-refractivity contribution in [3.05, 3.63) is 82.4 Å². The zero-order valence-corrected chi connectivity index (χ0v) is 17.7. The molecule has 0 radical (unpaired) electrons. The SMILES string of the molecule is Cc1nc([C@H](Cc2ccc(NS(=O)O)cc2)Nc2ncc(-c3ccccc3)o2)cs1. The highest BCUT2D eigenvalue weighted by atomic mass is 32.2. The minimum absolute atomic E-state index is 0.136. The van der Waals surface area contributed by atoms with Crippen molar-refractivity contribution in [3.63, 3.8) is 0 Å². The molecule has 2 heterocycles. The lowest BCUT2D eigenvalue weighted by Gasteiger charge is -2.16. The molecule has 1 unspecified atom stereocenters. The smallest absolute Gasteiger partial charge is 0.295 e. The number of aromatic nitrogens is 2. The summed E-state index contributed by atoms with van der Waals surface area (Å²) in [5, 5.41) is 6.37. The number of nitrogens with one attached hydrogen (secondary N) is 2. The molecule has 30 heavy (non-hydrogen) atoms. The molecule has 2 atom stereocenters. The van der Waals surface area contributed by atoms with Gasteiger partial charge in [0, 0.05) is 16.6 Å². The highest BCUT2D eigenvalue weighted by Crippen LogP contribution is 2.28. The molecular weight excluding hydrogens is 420 g/mol. The van der Waals surface area contributed by atoms with Gasteiger partial charge in [-0.25, -0.2) is 14.2 Å². The van der Waals surface area contributed by atoms with Crippen molar-refractivity contribution < 1.29 is 13.2 Å². The molecule has 2 aromatic carbocycles. The van der Waals surface area contributed by atoms with Gasteiger partial charge in [-0.05, 0) is 31.0 Å². The van der Waals surface area contributed by atoms with Crippen LogP contribution in [0.5, 0.6) is 0 Å². The van der Waals surface area contributed by atoms with Gasteiger partial charge in [-0.2, -0.15) is 0 Å². The zero-order valence-electron chi connectivity index (χ0n) is 16.1. The van der Waals surface area contributed by atoms with Gasteiger partial charge in [0.2, 0.25) is 0 Å². The highest BCUT2D eigenvalue weighted by molar-refractivity contribution is 7.80. The number of nitrogens with zero attached hydrogens (tertiary/aromatic N) is 2. The van der Waals surface area contributed by atoms with E-state index in [1.165, 1.54) is 0 Å².